The van der Waals surface area contributed by atoms with Gasteiger partial charge in [-0.05, 0) is 12.1 Å². The fraction of sp³-hybridized carbons (Fsp3) is 0.0769. The largest absolute Gasteiger partial charge is 0.296 e. The second-order valence-electron chi connectivity index (χ2n) is 4.25. The van der Waals surface area contributed by atoms with Crippen LogP contribution in [0.4, 0.5) is 8.78 Å². The molecule has 20 heavy (non-hydrogen) atoms. The predicted molar refractivity (Wildman–Crippen MR) is 71.2 cm³/mol. The molecule has 0 aliphatic carbocycles. The molecule has 0 bridgehead atoms. The first-order valence-electron chi connectivity index (χ1n) is 5.68. The molecule has 2 aromatic heterocycles. The number of benzene rings is 1. The van der Waals surface area contributed by atoms with Gasteiger partial charge >= 0.3 is 0 Å². The summed E-state index contributed by atoms with van der Waals surface area (Å²) in [6, 6.07) is 4.72. The van der Waals surface area contributed by atoms with Gasteiger partial charge in [-0.3, -0.25) is 9.36 Å². The van der Waals surface area contributed by atoms with Crippen molar-refractivity contribution < 1.29 is 8.78 Å². The lowest BCUT2D eigenvalue weighted by Crippen LogP contribution is -2.18. The Morgan fingerprint density at radius 3 is 2.55 bits per heavy atom. The third kappa shape index (κ3) is 1.72. The van der Waals surface area contributed by atoms with Gasteiger partial charge in [0.25, 0.3) is 5.56 Å². The molecule has 3 rings (SSSR count). The molecule has 0 spiro atoms. The number of aromatic nitrogens is 3. The normalized spacial score (nSPS) is 11.2. The van der Waals surface area contributed by atoms with Crippen molar-refractivity contribution in [1.82, 2.24) is 14.3 Å². The summed E-state index contributed by atoms with van der Waals surface area (Å²) in [5.41, 5.74) is -0.507. The Balaban J connectivity index is 2.48. The Labute approximate surface area is 116 Å². The predicted octanol–water partition coefficient (Wildman–Crippen LogP) is 2.66. The summed E-state index contributed by atoms with van der Waals surface area (Å²) in [7, 11) is 1.48. The molecular weight excluding hydrogens is 288 g/mol. The molecular formula is C13H8ClF2N3O. The number of rotatable bonds is 1. The van der Waals surface area contributed by atoms with Gasteiger partial charge < -0.3 is 0 Å². The molecule has 0 saturated carbocycles. The lowest BCUT2D eigenvalue weighted by atomic mass is 10.3. The van der Waals surface area contributed by atoms with Crippen molar-refractivity contribution in [3.8, 4) is 5.69 Å². The Morgan fingerprint density at radius 1 is 1.25 bits per heavy atom. The second kappa shape index (κ2) is 4.42. The lowest BCUT2D eigenvalue weighted by molar-refractivity contribution is 0.561. The average Bonchev–Trinajstić information content (AvgIpc) is 2.81. The first-order chi connectivity index (χ1) is 9.50. The zero-order valence-electron chi connectivity index (χ0n) is 10.3. The van der Waals surface area contributed by atoms with Gasteiger partial charge in [0.1, 0.15) is 11.3 Å². The van der Waals surface area contributed by atoms with Gasteiger partial charge in [0.05, 0.1) is 16.6 Å². The summed E-state index contributed by atoms with van der Waals surface area (Å²) >= 11 is 5.96. The molecule has 0 fully saturated rings. The molecule has 102 valence electrons. The minimum Gasteiger partial charge on any atom is -0.296 e. The van der Waals surface area contributed by atoms with Crippen LogP contribution in [-0.4, -0.2) is 14.3 Å². The topological polar surface area (TPSA) is 39.8 Å². The molecule has 0 amide bonds. The van der Waals surface area contributed by atoms with Gasteiger partial charge in [-0.15, -0.1) is 0 Å². The van der Waals surface area contributed by atoms with Gasteiger partial charge in [0, 0.05) is 13.1 Å². The number of pyridine rings is 1. The van der Waals surface area contributed by atoms with Gasteiger partial charge in [-0.25, -0.2) is 13.5 Å². The smallest absolute Gasteiger partial charge is 0.253 e. The van der Waals surface area contributed by atoms with Crippen molar-refractivity contribution in [2.75, 3.05) is 0 Å². The summed E-state index contributed by atoms with van der Waals surface area (Å²) in [5, 5.41) is 4.57. The molecule has 0 unspecified atom stereocenters. The molecule has 0 aliphatic rings. The lowest BCUT2D eigenvalue weighted by Gasteiger charge is -2.09. The number of hydrogen-bond acceptors (Lipinski definition) is 2. The molecule has 2 heterocycles. The first kappa shape index (κ1) is 12.8. The molecule has 0 atom stereocenters. The van der Waals surface area contributed by atoms with Crippen molar-refractivity contribution >= 4 is 22.6 Å². The number of nitrogens with zero attached hydrogens (tertiary/aromatic N) is 3. The van der Waals surface area contributed by atoms with Gasteiger partial charge in [0.2, 0.25) is 0 Å². The van der Waals surface area contributed by atoms with Crippen LogP contribution >= 0.6 is 11.6 Å². The SMILES string of the molecule is Cn1c(=O)cc(Cl)c2cnn(-c3c(F)cccc3F)c21. The Kier molecular flexibility index (Phi) is 2.83. The van der Waals surface area contributed by atoms with Gasteiger partial charge in [-0.1, -0.05) is 17.7 Å². The van der Waals surface area contributed by atoms with E-state index in [1.165, 1.54) is 29.9 Å². The van der Waals surface area contributed by atoms with Gasteiger partial charge in [0.15, 0.2) is 11.6 Å². The van der Waals surface area contributed by atoms with Crippen LogP contribution in [0.2, 0.25) is 5.02 Å². The maximum Gasteiger partial charge on any atom is 0.253 e. The molecule has 4 nitrogen and oxygen atoms in total. The molecule has 3 aromatic rings. The van der Waals surface area contributed by atoms with Crippen LogP contribution in [0.3, 0.4) is 0 Å². The molecule has 0 saturated heterocycles. The van der Waals surface area contributed by atoms with E-state index in [0.29, 0.717) is 5.39 Å². The van der Waals surface area contributed by atoms with Crippen molar-refractivity contribution in [2.45, 2.75) is 0 Å². The molecule has 7 heteroatoms. The van der Waals surface area contributed by atoms with E-state index in [1.807, 2.05) is 0 Å². The van der Waals surface area contributed by atoms with E-state index >= 15 is 0 Å². The van der Waals surface area contributed by atoms with E-state index in [0.717, 1.165) is 16.8 Å². The quantitative estimate of drug-likeness (QED) is 0.692. The molecule has 0 radical (unpaired) electrons. The van der Waals surface area contributed by atoms with Crippen LogP contribution in [0.5, 0.6) is 0 Å². The minimum absolute atomic E-state index is 0.186. The fourth-order valence-electron chi connectivity index (χ4n) is 2.08. The summed E-state index contributed by atoms with van der Waals surface area (Å²) < 4.78 is 30.0. The Bertz CT molecular complexity index is 865. The maximum atomic E-state index is 13.9. The van der Waals surface area contributed by atoms with E-state index in [1.54, 1.807) is 0 Å². The first-order valence-corrected chi connectivity index (χ1v) is 6.06. The molecule has 1 aromatic carbocycles. The summed E-state index contributed by atoms with van der Waals surface area (Å²) in [6.45, 7) is 0. The van der Waals surface area contributed by atoms with Gasteiger partial charge in [-0.2, -0.15) is 5.10 Å². The van der Waals surface area contributed by atoms with Crippen molar-refractivity contribution in [2.24, 2.45) is 7.05 Å². The fourth-order valence-corrected chi connectivity index (χ4v) is 2.30. The second-order valence-corrected chi connectivity index (χ2v) is 4.66. The molecule has 0 N–H and O–H groups in total. The number of hydrogen-bond donors (Lipinski definition) is 0. The Morgan fingerprint density at radius 2 is 1.90 bits per heavy atom. The number of para-hydroxylation sites is 1. The van der Waals surface area contributed by atoms with E-state index in [2.05, 4.69) is 5.10 Å². The van der Waals surface area contributed by atoms with Crippen LogP contribution in [-0.2, 0) is 7.05 Å². The minimum atomic E-state index is -0.776. The number of halogens is 3. The Hall–Kier alpha value is -2.21. The monoisotopic (exact) mass is 295 g/mol. The maximum absolute atomic E-state index is 13.9. The van der Waals surface area contributed by atoms with E-state index in [-0.39, 0.29) is 21.9 Å². The van der Waals surface area contributed by atoms with E-state index in [9.17, 15) is 13.6 Å². The van der Waals surface area contributed by atoms with Crippen molar-refractivity contribution in [1.29, 1.82) is 0 Å². The van der Waals surface area contributed by atoms with E-state index in [4.69, 9.17) is 11.6 Å². The van der Waals surface area contributed by atoms with E-state index < -0.39 is 11.6 Å². The highest BCUT2D eigenvalue weighted by Crippen LogP contribution is 2.25. The zero-order valence-corrected chi connectivity index (χ0v) is 11.0. The standard InChI is InChI=1S/C13H8ClF2N3O/c1-18-11(20)5-8(14)7-6-17-19(13(7)18)12-9(15)3-2-4-10(12)16/h2-6H,1H3. The highest BCUT2D eigenvalue weighted by Gasteiger charge is 2.18. The highest BCUT2D eigenvalue weighted by molar-refractivity contribution is 6.35. The van der Waals surface area contributed by atoms with Crippen LogP contribution < -0.4 is 5.56 Å². The zero-order chi connectivity index (χ0) is 14.4. The number of aryl methyl sites for hydroxylation is 1. The average molecular weight is 296 g/mol. The van der Waals surface area contributed by atoms with Crippen molar-refractivity contribution in [3.63, 3.8) is 0 Å². The van der Waals surface area contributed by atoms with Crippen LogP contribution in [0.15, 0.2) is 35.3 Å². The van der Waals surface area contributed by atoms with Crippen LogP contribution in [0.1, 0.15) is 0 Å². The third-order valence-corrected chi connectivity index (χ3v) is 3.36. The summed E-state index contributed by atoms with van der Waals surface area (Å²) in [6.07, 6.45) is 1.36. The van der Waals surface area contributed by atoms with Crippen LogP contribution in [0.25, 0.3) is 16.7 Å². The third-order valence-electron chi connectivity index (χ3n) is 3.05. The number of fused-ring (bicyclic) bond motifs is 1. The molecule has 0 aliphatic heterocycles. The summed E-state index contributed by atoms with van der Waals surface area (Å²) in [4.78, 5) is 11.8. The van der Waals surface area contributed by atoms with Crippen molar-refractivity contribution in [3.05, 3.63) is 57.5 Å². The summed E-state index contributed by atoms with van der Waals surface area (Å²) in [5.74, 6) is -1.55. The highest BCUT2D eigenvalue weighted by atomic mass is 35.5. The van der Waals surface area contributed by atoms with Crippen LogP contribution in [0, 0.1) is 11.6 Å².